The molecule has 0 radical (unpaired) electrons. The summed E-state index contributed by atoms with van der Waals surface area (Å²) in [5, 5.41) is 5.49. The minimum atomic E-state index is -1.03. The van der Waals surface area contributed by atoms with Crippen LogP contribution >= 0.6 is 11.3 Å². The summed E-state index contributed by atoms with van der Waals surface area (Å²) < 4.78 is 14.4. The molecule has 2 atom stereocenters. The van der Waals surface area contributed by atoms with Crippen LogP contribution in [0.25, 0.3) is 0 Å². The molecule has 2 rings (SSSR count). The maximum atomic E-state index is 14.4. The van der Waals surface area contributed by atoms with Gasteiger partial charge < -0.3 is 5.32 Å². The molecule has 0 amide bonds. The van der Waals surface area contributed by atoms with E-state index < -0.39 is 5.67 Å². The molecule has 0 aliphatic carbocycles. The molecule has 1 aliphatic rings. The maximum Gasteiger partial charge on any atom is 0.110 e. The summed E-state index contributed by atoms with van der Waals surface area (Å²) in [6.45, 7) is 2.82. The Bertz CT molecular complexity index is 315. The van der Waals surface area contributed by atoms with Crippen molar-refractivity contribution in [3.05, 3.63) is 22.4 Å². The Hall–Kier alpha value is -0.410. The number of thiophene rings is 1. The molecule has 2 heterocycles. The Morgan fingerprint density at radius 2 is 2.41 bits per heavy atom. The molecule has 0 saturated carbocycles. The number of nitrogens with one attached hydrogen (secondary N) is 1. The van der Waals surface area contributed by atoms with Crippen molar-refractivity contribution in [1.29, 1.82) is 0 Å². The third kappa shape index (κ3) is 4.40. The summed E-state index contributed by atoms with van der Waals surface area (Å²) in [4.78, 5) is 1.30. The van der Waals surface area contributed by atoms with Gasteiger partial charge in [-0.25, -0.2) is 4.39 Å². The summed E-state index contributed by atoms with van der Waals surface area (Å²) in [5.74, 6) is 0. The normalized spacial score (nSPS) is 24.5. The fraction of sp³-hybridized carbons (Fsp3) is 0.714. The Morgan fingerprint density at radius 1 is 1.53 bits per heavy atom. The zero-order valence-corrected chi connectivity index (χ0v) is 11.4. The predicted octanol–water partition coefficient (Wildman–Crippen LogP) is 3.94. The van der Waals surface area contributed by atoms with Crippen LogP contribution in [-0.2, 0) is 6.42 Å². The van der Waals surface area contributed by atoms with Crippen molar-refractivity contribution in [3.8, 4) is 0 Å². The Balaban J connectivity index is 1.77. The molecular weight excluding hydrogens is 233 g/mol. The quantitative estimate of drug-likeness (QED) is 0.840. The molecule has 2 unspecified atom stereocenters. The van der Waals surface area contributed by atoms with E-state index in [4.69, 9.17) is 0 Å². The number of hydrogen-bond acceptors (Lipinski definition) is 2. The van der Waals surface area contributed by atoms with E-state index in [1.165, 1.54) is 17.7 Å². The molecule has 1 nitrogen and oxygen atoms in total. The van der Waals surface area contributed by atoms with Crippen LogP contribution in [-0.4, -0.2) is 18.3 Å². The topological polar surface area (TPSA) is 12.0 Å². The summed E-state index contributed by atoms with van der Waals surface area (Å²) in [5.41, 5.74) is -1.03. The first-order valence-electron chi connectivity index (χ1n) is 6.60. The fourth-order valence-corrected chi connectivity index (χ4v) is 3.26. The second kappa shape index (κ2) is 5.96. The number of piperidine rings is 1. The van der Waals surface area contributed by atoms with Crippen molar-refractivity contribution in [2.75, 3.05) is 6.54 Å². The van der Waals surface area contributed by atoms with Gasteiger partial charge in [-0.2, -0.15) is 0 Å². The van der Waals surface area contributed by atoms with Gasteiger partial charge in [-0.15, -0.1) is 11.3 Å². The first kappa shape index (κ1) is 13.0. The highest BCUT2D eigenvalue weighted by Crippen LogP contribution is 2.27. The summed E-state index contributed by atoms with van der Waals surface area (Å²) >= 11 is 1.73. The predicted molar refractivity (Wildman–Crippen MR) is 72.4 cm³/mol. The van der Waals surface area contributed by atoms with Crippen LogP contribution in [0.3, 0.4) is 0 Å². The zero-order valence-electron chi connectivity index (χ0n) is 10.5. The number of rotatable bonds is 5. The Kier molecular flexibility index (Phi) is 4.57. The molecule has 96 valence electrons. The van der Waals surface area contributed by atoms with Crippen LogP contribution in [0.4, 0.5) is 4.39 Å². The minimum absolute atomic E-state index is 0.391. The van der Waals surface area contributed by atoms with Gasteiger partial charge in [0, 0.05) is 10.9 Å². The lowest BCUT2D eigenvalue weighted by atomic mass is 9.89. The highest BCUT2D eigenvalue weighted by molar-refractivity contribution is 7.09. The van der Waals surface area contributed by atoms with Gasteiger partial charge in [0.2, 0.25) is 0 Å². The van der Waals surface area contributed by atoms with E-state index in [1.807, 2.05) is 6.07 Å². The Labute approximate surface area is 107 Å². The van der Waals surface area contributed by atoms with Gasteiger partial charge in [0.25, 0.3) is 0 Å². The molecule has 1 N–H and O–H groups in total. The van der Waals surface area contributed by atoms with Crippen LogP contribution in [0.1, 0.15) is 43.9 Å². The molecule has 3 heteroatoms. The van der Waals surface area contributed by atoms with E-state index in [0.717, 1.165) is 19.4 Å². The van der Waals surface area contributed by atoms with E-state index in [2.05, 4.69) is 16.8 Å². The van der Waals surface area contributed by atoms with Gasteiger partial charge >= 0.3 is 0 Å². The van der Waals surface area contributed by atoms with E-state index >= 15 is 0 Å². The van der Waals surface area contributed by atoms with E-state index in [0.29, 0.717) is 18.9 Å². The largest absolute Gasteiger partial charge is 0.314 e. The van der Waals surface area contributed by atoms with Gasteiger partial charge in [0.15, 0.2) is 0 Å². The molecule has 1 saturated heterocycles. The molecule has 1 aromatic heterocycles. The zero-order chi connectivity index (χ0) is 12.1. The van der Waals surface area contributed by atoms with Gasteiger partial charge in [0.1, 0.15) is 5.67 Å². The molecule has 0 bridgehead atoms. The van der Waals surface area contributed by atoms with Gasteiger partial charge in [-0.05, 0) is 57.0 Å². The number of alkyl halides is 1. The van der Waals surface area contributed by atoms with Crippen LogP contribution < -0.4 is 5.32 Å². The minimum Gasteiger partial charge on any atom is -0.314 e. The number of aryl methyl sites for hydroxylation is 1. The van der Waals surface area contributed by atoms with Crippen molar-refractivity contribution in [2.24, 2.45) is 0 Å². The average molecular weight is 255 g/mol. The first-order valence-corrected chi connectivity index (χ1v) is 7.48. The lowest BCUT2D eigenvalue weighted by Crippen LogP contribution is -2.39. The molecule has 1 aliphatic heterocycles. The second-order valence-electron chi connectivity index (χ2n) is 5.34. The van der Waals surface area contributed by atoms with Crippen LogP contribution in [0, 0.1) is 0 Å². The standard InChI is InChI=1S/C14H22FNS/c1-14(15,8-7-13-6-4-10-17-13)11-12-5-2-3-9-16-12/h4,6,10,12,16H,2-3,5,7-9,11H2,1H3. The van der Waals surface area contributed by atoms with Gasteiger partial charge in [0.05, 0.1) is 0 Å². The summed E-state index contributed by atoms with van der Waals surface area (Å²) in [6.07, 6.45) is 5.81. The molecule has 17 heavy (non-hydrogen) atoms. The molecule has 1 aromatic rings. The highest BCUT2D eigenvalue weighted by Gasteiger charge is 2.28. The number of hydrogen-bond donors (Lipinski definition) is 1. The van der Waals surface area contributed by atoms with Crippen molar-refractivity contribution in [1.82, 2.24) is 5.32 Å². The fourth-order valence-electron chi connectivity index (χ4n) is 2.55. The van der Waals surface area contributed by atoms with Crippen molar-refractivity contribution in [2.45, 2.75) is 57.2 Å². The summed E-state index contributed by atoms with van der Waals surface area (Å²) in [6, 6.07) is 4.53. The van der Waals surface area contributed by atoms with E-state index in [9.17, 15) is 4.39 Å². The number of halogens is 1. The van der Waals surface area contributed by atoms with E-state index in [1.54, 1.807) is 18.3 Å². The maximum absolute atomic E-state index is 14.4. The van der Waals surface area contributed by atoms with Gasteiger partial charge in [-0.3, -0.25) is 0 Å². The van der Waals surface area contributed by atoms with Crippen LogP contribution in [0.15, 0.2) is 17.5 Å². The monoisotopic (exact) mass is 255 g/mol. The van der Waals surface area contributed by atoms with Crippen LogP contribution in [0.5, 0.6) is 0 Å². The lowest BCUT2D eigenvalue weighted by Gasteiger charge is -2.29. The second-order valence-corrected chi connectivity index (χ2v) is 6.38. The molecule has 0 aromatic carbocycles. The molecular formula is C14H22FNS. The Morgan fingerprint density at radius 3 is 3.06 bits per heavy atom. The van der Waals surface area contributed by atoms with Crippen molar-refractivity contribution >= 4 is 11.3 Å². The average Bonchev–Trinajstić information content (AvgIpc) is 2.80. The van der Waals surface area contributed by atoms with Gasteiger partial charge in [-0.1, -0.05) is 12.5 Å². The smallest absolute Gasteiger partial charge is 0.110 e. The molecule has 1 fully saturated rings. The van der Waals surface area contributed by atoms with Crippen molar-refractivity contribution < 1.29 is 4.39 Å². The third-order valence-corrected chi connectivity index (χ3v) is 4.49. The highest BCUT2D eigenvalue weighted by atomic mass is 32.1. The molecule has 0 spiro atoms. The SMILES string of the molecule is CC(F)(CCc1cccs1)CC1CCCCN1. The van der Waals surface area contributed by atoms with E-state index in [-0.39, 0.29) is 0 Å². The summed E-state index contributed by atoms with van der Waals surface area (Å²) in [7, 11) is 0. The lowest BCUT2D eigenvalue weighted by molar-refractivity contribution is 0.135. The van der Waals surface area contributed by atoms with Crippen LogP contribution in [0.2, 0.25) is 0 Å². The first-order chi connectivity index (χ1) is 8.16. The van der Waals surface area contributed by atoms with Crippen molar-refractivity contribution in [3.63, 3.8) is 0 Å². The third-order valence-electron chi connectivity index (χ3n) is 3.56.